The molecule has 0 aliphatic carbocycles. The van der Waals surface area contributed by atoms with E-state index in [2.05, 4.69) is 5.32 Å². The Labute approximate surface area is 183 Å². The first kappa shape index (κ1) is 22.9. The Morgan fingerprint density at radius 1 is 0.968 bits per heavy atom. The molecule has 31 heavy (non-hydrogen) atoms. The lowest BCUT2D eigenvalue weighted by atomic mass is 9.97. The number of ether oxygens (including phenoxy) is 3. The molecule has 1 aliphatic heterocycles. The molecule has 168 valence electrons. The Hall–Kier alpha value is -2.78. The van der Waals surface area contributed by atoms with Crippen molar-refractivity contribution >= 4 is 21.6 Å². The minimum atomic E-state index is -3.62. The number of benzene rings is 2. The van der Waals surface area contributed by atoms with Crippen LogP contribution in [0.4, 0.5) is 5.69 Å². The van der Waals surface area contributed by atoms with E-state index in [-0.39, 0.29) is 29.8 Å². The van der Waals surface area contributed by atoms with Gasteiger partial charge in [-0.25, -0.2) is 8.42 Å². The summed E-state index contributed by atoms with van der Waals surface area (Å²) >= 11 is 0. The maximum Gasteiger partial charge on any atom is 0.243 e. The van der Waals surface area contributed by atoms with Crippen molar-refractivity contribution in [3.63, 3.8) is 0 Å². The van der Waals surface area contributed by atoms with Gasteiger partial charge in [-0.15, -0.1) is 0 Å². The molecular weight excluding hydrogens is 420 g/mol. The molecule has 9 heteroatoms. The number of carbonyl (C=O) groups excluding carboxylic acids is 1. The molecule has 8 nitrogen and oxygen atoms in total. The molecular formula is C22H28N2O6S. The minimum absolute atomic E-state index is 0.152. The molecule has 3 rings (SSSR count). The zero-order valence-electron chi connectivity index (χ0n) is 18.2. The van der Waals surface area contributed by atoms with E-state index in [1.807, 2.05) is 6.92 Å². The average molecular weight is 449 g/mol. The Morgan fingerprint density at radius 3 is 2.23 bits per heavy atom. The molecule has 1 aliphatic rings. The number of aryl methyl sites for hydroxylation is 1. The number of sulfonamides is 1. The molecule has 0 bridgehead atoms. The molecule has 0 unspecified atom stereocenters. The van der Waals surface area contributed by atoms with Crippen molar-refractivity contribution in [3.8, 4) is 17.2 Å². The number of hydrogen-bond donors (Lipinski definition) is 1. The van der Waals surface area contributed by atoms with Gasteiger partial charge in [-0.2, -0.15) is 4.31 Å². The predicted molar refractivity (Wildman–Crippen MR) is 117 cm³/mol. The van der Waals surface area contributed by atoms with Gasteiger partial charge >= 0.3 is 0 Å². The highest BCUT2D eigenvalue weighted by molar-refractivity contribution is 7.89. The molecule has 0 saturated carbocycles. The molecule has 0 radical (unpaired) electrons. The standard InChI is InChI=1S/C22H28N2O6S/c1-15-13-18(6-8-20(15)29-3)31(26,27)24-11-9-16(10-12-24)22(25)23-19-7-5-17(28-2)14-21(19)30-4/h5-8,13-14,16H,9-12H2,1-4H3,(H,23,25). The molecule has 1 saturated heterocycles. The lowest BCUT2D eigenvalue weighted by Crippen LogP contribution is -2.41. The van der Waals surface area contributed by atoms with E-state index in [9.17, 15) is 13.2 Å². The van der Waals surface area contributed by atoms with E-state index in [0.717, 1.165) is 5.56 Å². The van der Waals surface area contributed by atoms with Gasteiger partial charge in [0.1, 0.15) is 17.2 Å². The van der Waals surface area contributed by atoms with E-state index in [4.69, 9.17) is 14.2 Å². The van der Waals surface area contributed by atoms with Gasteiger partial charge in [0.05, 0.1) is 31.9 Å². The molecule has 2 aromatic rings. The van der Waals surface area contributed by atoms with Crippen LogP contribution in [0.25, 0.3) is 0 Å². The van der Waals surface area contributed by atoms with Crippen molar-refractivity contribution in [2.24, 2.45) is 5.92 Å². The van der Waals surface area contributed by atoms with Crippen LogP contribution in [-0.2, 0) is 14.8 Å². The lowest BCUT2D eigenvalue weighted by Gasteiger charge is -2.30. The highest BCUT2D eigenvalue weighted by Gasteiger charge is 2.32. The van der Waals surface area contributed by atoms with Crippen molar-refractivity contribution in [2.45, 2.75) is 24.7 Å². The number of anilines is 1. The number of piperidine rings is 1. The summed E-state index contributed by atoms with van der Waals surface area (Å²) < 4.78 is 43.2. The summed E-state index contributed by atoms with van der Waals surface area (Å²) in [5.74, 6) is 1.34. The number of carbonyl (C=O) groups is 1. The van der Waals surface area contributed by atoms with Crippen LogP contribution >= 0.6 is 0 Å². The lowest BCUT2D eigenvalue weighted by molar-refractivity contribution is -0.120. The molecule has 1 heterocycles. The number of nitrogens with one attached hydrogen (secondary N) is 1. The Kier molecular flexibility index (Phi) is 7.07. The summed E-state index contributed by atoms with van der Waals surface area (Å²) in [6.45, 7) is 2.37. The third-order valence-electron chi connectivity index (χ3n) is 5.50. The van der Waals surface area contributed by atoms with Crippen molar-refractivity contribution in [2.75, 3.05) is 39.7 Å². The van der Waals surface area contributed by atoms with E-state index in [1.165, 1.54) is 11.4 Å². The first-order valence-electron chi connectivity index (χ1n) is 9.97. The van der Waals surface area contributed by atoms with Gasteiger partial charge in [0, 0.05) is 25.1 Å². The molecule has 2 aromatic carbocycles. The van der Waals surface area contributed by atoms with Gasteiger partial charge in [0.25, 0.3) is 0 Å². The molecule has 1 N–H and O–H groups in total. The summed E-state index contributed by atoms with van der Waals surface area (Å²) in [5, 5.41) is 2.89. The van der Waals surface area contributed by atoms with E-state index >= 15 is 0 Å². The smallest absolute Gasteiger partial charge is 0.243 e. The van der Waals surface area contributed by atoms with Crippen LogP contribution < -0.4 is 19.5 Å². The van der Waals surface area contributed by atoms with Crippen LogP contribution in [0.1, 0.15) is 18.4 Å². The summed E-state index contributed by atoms with van der Waals surface area (Å²) in [6, 6.07) is 9.98. The largest absolute Gasteiger partial charge is 0.497 e. The maximum absolute atomic E-state index is 13.0. The van der Waals surface area contributed by atoms with Gasteiger partial charge in [-0.1, -0.05) is 0 Å². The second-order valence-corrected chi connectivity index (χ2v) is 9.30. The second-order valence-electron chi connectivity index (χ2n) is 7.37. The minimum Gasteiger partial charge on any atom is -0.497 e. The van der Waals surface area contributed by atoms with E-state index in [0.29, 0.717) is 35.8 Å². The number of methoxy groups -OCH3 is 3. The zero-order valence-corrected chi connectivity index (χ0v) is 19.0. The van der Waals surface area contributed by atoms with Crippen LogP contribution in [0, 0.1) is 12.8 Å². The van der Waals surface area contributed by atoms with Gasteiger partial charge in [-0.05, 0) is 55.7 Å². The molecule has 0 aromatic heterocycles. The average Bonchev–Trinajstić information content (AvgIpc) is 2.79. The topological polar surface area (TPSA) is 94.2 Å². The van der Waals surface area contributed by atoms with Crippen LogP contribution in [0.15, 0.2) is 41.3 Å². The molecule has 0 atom stereocenters. The van der Waals surface area contributed by atoms with Crippen LogP contribution in [0.3, 0.4) is 0 Å². The van der Waals surface area contributed by atoms with Gasteiger partial charge in [-0.3, -0.25) is 4.79 Å². The number of hydrogen-bond acceptors (Lipinski definition) is 6. The third kappa shape index (κ3) is 4.94. The fourth-order valence-electron chi connectivity index (χ4n) is 3.66. The number of nitrogens with zero attached hydrogens (tertiary/aromatic N) is 1. The summed E-state index contributed by atoms with van der Waals surface area (Å²) in [5.41, 5.74) is 1.31. The van der Waals surface area contributed by atoms with Crippen molar-refractivity contribution < 1.29 is 27.4 Å². The molecule has 0 spiro atoms. The second kappa shape index (κ2) is 9.57. The molecule has 1 fully saturated rings. The van der Waals surface area contributed by atoms with Gasteiger partial charge < -0.3 is 19.5 Å². The SMILES string of the molecule is COc1ccc(NC(=O)C2CCN(S(=O)(=O)c3ccc(OC)c(C)c3)CC2)c(OC)c1. The first-order chi connectivity index (χ1) is 14.8. The summed E-state index contributed by atoms with van der Waals surface area (Å²) in [4.78, 5) is 13.0. The van der Waals surface area contributed by atoms with Crippen LogP contribution in [-0.4, -0.2) is 53.0 Å². The fourth-order valence-corrected chi connectivity index (χ4v) is 5.21. The van der Waals surface area contributed by atoms with Crippen molar-refractivity contribution in [1.82, 2.24) is 4.31 Å². The van der Waals surface area contributed by atoms with Crippen LogP contribution in [0.2, 0.25) is 0 Å². The number of rotatable bonds is 7. The monoisotopic (exact) mass is 448 g/mol. The zero-order chi connectivity index (χ0) is 22.6. The summed E-state index contributed by atoms with van der Waals surface area (Å²) in [7, 11) is 1.01. The van der Waals surface area contributed by atoms with E-state index in [1.54, 1.807) is 50.6 Å². The third-order valence-corrected chi connectivity index (χ3v) is 7.39. The molecule has 1 amide bonds. The quantitative estimate of drug-likeness (QED) is 0.700. The highest BCUT2D eigenvalue weighted by Crippen LogP contribution is 2.31. The predicted octanol–water partition coefficient (Wildman–Crippen LogP) is 3.06. The van der Waals surface area contributed by atoms with Crippen LogP contribution in [0.5, 0.6) is 17.2 Å². The van der Waals surface area contributed by atoms with Gasteiger partial charge in [0.15, 0.2) is 0 Å². The summed E-state index contributed by atoms with van der Waals surface area (Å²) in [6.07, 6.45) is 0.886. The van der Waals surface area contributed by atoms with Crippen molar-refractivity contribution in [1.29, 1.82) is 0 Å². The van der Waals surface area contributed by atoms with Crippen molar-refractivity contribution in [3.05, 3.63) is 42.0 Å². The Morgan fingerprint density at radius 2 is 1.65 bits per heavy atom. The Bertz CT molecular complexity index is 1050. The number of amides is 1. The Balaban J connectivity index is 1.65. The maximum atomic E-state index is 13.0. The first-order valence-corrected chi connectivity index (χ1v) is 11.4. The van der Waals surface area contributed by atoms with Gasteiger partial charge in [0.2, 0.25) is 15.9 Å². The van der Waals surface area contributed by atoms with E-state index < -0.39 is 10.0 Å². The highest BCUT2D eigenvalue weighted by atomic mass is 32.2. The fraction of sp³-hybridized carbons (Fsp3) is 0.409. The normalized spacial score (nSPS) is 15.4.